The second kappa shape index (κ2) is 21.4. The van der Waals surface area contributed by atoms with Gasteiger partial charge in [-0.05, 0) is 84.6 Å². The van der Waals surface area contributed by atoms with E-state index in [4.69, 9.17) is 22.6 Å². The van der Waals surface area contributed by atoms with Crippen molar-refractivity contribution in [1.82, 2.24) is 15.0 Å². The van der Waals surface area contributed by atoms with Gasteiger partial charge in [0.1, 0.15) is 33.3 Å². The number of nitrogens with zero attached hydrogens (tertiary/aromatic N) is 7. The van der Waals surface area contributed by atoms with Gasteiger partial charge in [0.05, 0.1) is 28.3 Å². The SMILES string of the molecule is CC.CC.CN=Nc1ccc(Cc2ncnc(Cl)n2)cc1.Cc1cc(N=Nc2c(SOOO)cc3c(S(=O)(=O)O)c(N)ccc3c2O)c(S(=O)(=O)O)cc1C. The summed E-state index contributed by atoms with van der Waals surface area (Å²) in [6.07, 6.45) is 2.02. The van der Waals surface area contributed by atoms with Crippen molar-refractivity contribution in [3.8, 4) is 5.75 Å². The number of hydrogen-bond donors (Lipinski definition) is 5. The van der Waals surface area contributed by atoms with Crippen LogP contribution in [-0.2, 0) is 36.0 Å². The molecule has 1 aromatic heterocycles. The van der Waals surface area contributed by atoms with E-state index in [2.05, 4.69) is 44.8 Å². The topological polar surface area (TPSA) is 282 Å². The highest BCUT2D eigenvalue weighted by atomic mass is 35.5. The average molecular weight is 839 g/mol. The number of aromatic hydroxyl groups is 1. The van der Waals surface area contributed by atoms with Crippen LogP contribution in [0.15, 0.2) is 96.1 Å². The van der Waals surface area contributed by atoms with Crippen molar-refractivity contribution in [2.24, 2.45) is 20.5 Å². The highest BCUT2D eigenvalue weighted by Crippen LogP contribution is 2.46. The van der Waals surface area contributed by atoms with Crippen LogP contribution in [0.2, 0.25) is 5.28 Å². The second-order valence-electron chi connectivity index (χ2n) is 10.2. The van der Waals surface area contributed by atoms with Crippen molar-refractivity contribution in [3.05, 3.63) is 88.7 Å². The Balaban J connectivity index is 0.000000415. The van der Waals surface area contributed by atoms with E-state index in [1.807, 2.05) is 52.0 Å². The van der Waals surface area contributed by atoms with Gasteiger partial charge in [-0.25, -0.2) is 20.2 Å². The van der Waals surface area contributed by atoms with Crippen LogP contribution < -0.4 is 5.73 Å². The summed E-state index contributed by atoms with van der Waals surface area (Å²) in [5.74, 6) is 0.00213. The predicted octanol–water partition coefficient (Wildman–Crippen LogP) is 8.96. The van der Waals surface area contributed by atoms with Gasteiger partial charge in [0.25, 0.3) is 20.2 Å². The van der Waals surface area contributed by atoms with Crippen LogP contribution in [0.5, 0.6) is 5.75 Å². The van der Waals surface area contributed by atoms with E-state index in [0.29, 0.717) is 23.4 Å². The quantitative estimate of drug-likeness (QED) is 0.0219. The van der Waals surface area contributed by atoms with Gasteiger partial charge >= 0.3 is 0 Å². The Hall–Kier alpha value is -4.71. The number of anilines is 1. The number of fused-ring (bicyclic) bond motifs is 1. The summed E-state index contributed by atoms with van der Waals surface area (Å²) in [6, 6.07) is 13.7. The molecule has 0 saturated carbocycles. The first-order valence-electron chi connectivity index (χ1n) is 16.0. The van der Waals surface area contributed by atoms with Gasteiger partial charge in [0, 0.05) is 24.2 Å². The number of benzene rings is 4. The van der Waals surface area contributed by atoms with Crippen LogP contribution in [0, 0.1) is 13.8 Å². The highest BCUT2D eigenvalue weighted by Gasteiger charge is 2.24. The molecule has 5 aromatic rings. The first-order chi connectivity index (χ1) is 26.0. The highest BCUT2D eigenvalue weighted by molar-refractivity contribution is 7.94. The van der Waals surface area contributed by atoms with E-state index in [0.717, 1.165) is 23.4 Å². The molecule has 0 fully saturated rings. The Bertz CT molecular complexity index is 2370. The monoisotopic (exact) mass is 838 g/mol. The summed E-state index contributed by atoms with van der Waals surface area (Å²) >= 11 is 5.97. The molecule has 0 bridgehead atoms. The van der Waals surface area contributed by atoms with Crippen molar-refractivity contribution >= 4 is 77.4 Å². The number of nitrogen functional groups attached to an aromatic ring is 1. The maximum Gasteiger partial charge on any atom is 0.297 e. The van der Waals surface area contributed by atoms with Crippen LogP contribution in [0.1, 0.15) is 50.2 Å². The lowest BCUT2D eigenvalue weighted by atomic mass is 10.1. The van der Waals surface area contributed by atoms with Gasteiger partial charge in [-0.15, -0.1) is 14.6 Å². The average Bonchev–Trinajstić information content (AvgIpc) is 3.13. The Morgan fingerprint density at radius 3 is 2.05 bits per heavy atom. The number of azo groups is 2. The van der Waals surface area contributed by atoms with E-state index in [9.17, 15) is 31.0 Å². The molecule has 0 aliphatic rings. The number of halogens is 1. The molecule has 1 heterocycles. The lowest BCUT2D eigenvalue weighted by molar-refractivity contribution is -0.432. The molecule has 0 atom stereocenters. The maximum atomic E-state index is 11.9. The lowest BCUT2D eigenvalue weighted by Crippen LogP contribution is -2.04. The van der Waals surface area contributed by atoms with E-state index in [1.54, 1.807) is 20.9 Å². The summed E-state index contributed by atoms with van der Waals surface area (Å²) in [5, 5.41) is 38.1. The van der Waals surface area contributed by atoms with Gasteiger partial charge < -0.3 is 10.8 Å². The van der Waals surface area contributed by atoms with Crippen LogP contribution in [-0.4, -0.2) is 58.3 Å². The molecular weight excluding hydrogens is 800 g/mol. The van der Waals surface area contributed by atoms with Crippen LogP contribution in [0.3, 0.4) is 0 Å². The van der Waals surface area contributed by atoms with E-state index < -0.39 is 35.8 Å². The molecule has 0 unspecified atom stereocenters. The van der Waals surface area contributed by atoms with Crippen molar-refractivity contribution < 1.29 is 45.7 Å². The number of nitrogens with two attached hydrogens (primary N) is 1. The fourth-order valence-electron chi connectivity index (χ4n) is 4.44. The van der Waals surface area contributed by atoms with Crippen molar-refractivity contribution in [2.75, 3.05) is 12.8 Å². The number of phenols is 1. The molecule has 6 N–H and O–H groups in total. The fraction of sp³-hybridized carbons (Fsp3) is 0.242. The third-order valence-corrected chi connectivity index (χ3v) is 9.50. The lowest BCUT2D eigenvalue weighted by Gasteiger charge is -2.13. The Kier molecular flexibility index (Phi) is 18.1. The fourth-order valence-corrected chi connectivity index (χ4v) is 6.57. The zero-order valence-electron chi connectivity index (χ0n) is 30.5. The first-order valence-corrected chi connectivity index (χ1v) is 20.0. The minimum Gasteiger partial charge on any atom is -0.505 e. The predicted molar refractivity (Wildman–Crippen MR) is 208 cm³/mol. The van der Waals surface area contributed by atoms with Gasteiger partial charge in [-0.1, -0.05) is 44.9 Å². The van der Waals surface area contributed by atoms with Gasteiger partial charge in [-0.3, -0.25) is 9.11 Å². The third-order valence-electron chi connectivity index (χ3n) is 6.84. The molecule has 4 aromatic carbocycles. The molecule has 22 heteroatoms. The van der Waals surface area contributed by atoms with Gasteiger partial charge in [-0.2, -0.15) is 27.1 Å². The molecule has 0 aliphatic carbocycles. The van der Waals surface area contributed by atoms with Crippen LogP contribution in [0.25, 0.3) is 10.8 Å². The zero-order valence-corrected chi connectivity index (χ0v) is 33.7. The van der Waals surface area contributed by atoms with Crippen molar-refractivity contribution in [2.45, 2.75) is 62.6 Å². The van der Waals surface area contributed by atoms with Crippen molar-refractivity contribution in [1.29, 1.82) is 0 Å². The number of phenolic OH excluding ortho intramolecular Hbond substituents is 1. The minimum absolute atomic E-state index is 0.111. The number of hydrogen-bond acceptors (Lipinski definition) is 17. The Labute approximate surface area is 327 Å². The molecular formula is C33H39ClN8O10S3. The van der Waals surface area contributed by atoms with E-state index in [-0.39, 0.29) is 50.1 Å². The molecule has 0 spiro atoms. The molecule has 0 radical (unpaired) electrons. The molecule has 55 heavy (non-hydrogen) atoms. The maximum absolute atomic E-state index is 11.9. The molecule has 5 rings (SSSR count). The summed E-state index contributed by atoms with van der Waals surface area (Å²) in [6.45, 7) is 11.3. The molecule has 18 nitrogen and oxygen atoms in total. The standard InChI is InChI=1S/C18H17N3O10S3.C11H10ClN5.2C2H6/c1-8-5-13(15(6-9(8)2)33(24,25)26)20-21-16-14(32-31-30-23)7-11-10(17(16)22)3-4-12(19)18(11)34(27,28)29;1-13-17-9-4-2-8(3-5-9)6-10-14-7-15-11(12)16-10;2*1-2/h3-7,22-23H,19H2,1-2H3,(H,24,25,26)(H,27,28,29);2-5,7H,6H2,1H3;2*1-2H3. The third kappa shape index (κ3) is 12.9. The molecule has 296 valence electrons. The van der Waals surface area contributed by atoms with Crippen molar-refractivity contribution in [3.63, 3.8) is 0 Å². The largest absolute Gasteiger partial charge is 0.505 e. The normalized spacial score (nSPS) is 11.4. The number of rotatable bonds is 10. The number of aryl methyl sites for hydroxylation is 2. The Morgan fingerprint density at radius 2 is 1.49 bits per heavy atom. The number of aromatic nitrogens is 3. The van der Waals surface area contributed by atoms with Crippen LogP contribution in [0.4, 0.5) is 22.7 Å². The smallest absolute Gasteiger partial charge is 0.297 e. The van der Waals surface area contributed by atoms with E-state index >= 15 is 0 Å². The second-order valence-corrected chi connectivity index (χ2v) is 14.1. The molecule has 0 aliphatic heterocycles. The van der Waals surface area contributed by atoms with Gasteiger partial charge in [0.2, 0.25) is 5.28 Å². The molecule has 0 amide bonds. The Morgan fingerprint density at radius 1 is 0.855 bits per heavy atom. The first kappa shape index (κ1) is 46.4. The minimum atomic E-state index is -4.83. The summed E-state index contributed by atoms with van der Waals surface area (Å²) < 4.78 is 70.8. The van der Waals surface area contributed by atoms with E-state index in [1.165, 1.54) is 24.5 Å². The summed E-state index contributed by atoms with van der Waals surface area (Å²) in [5.41, 5.74) is 7.86. The van der Waals surface area contributed by atoms with Crippen LogP contribution >= 0.6 is 23.6 Å². The summed E-state index contributed by atoms with van der Waals surface area (Å²) in [7, 11) is -7.87. The molecule has 0 saturated heterocycles. The summed E-state index contributed by atoms with van der Waals surface area (Å²) in [4.78, 5) is 10.4. The zero-order chi connectivity index (χ0) is 41.5. The van der Waals surface area contributed by atoms with Gasteiger partial charge in [0.15, 0.2) is 5.75 Å².